The Hall–Kier alpha value is 0. The normalized spacial score (nSPS) is 17.5. The molecule has 116 valence electrons. The van der Waals surface area contributed by atoms with E-state index in [0.717, 1.165) is 0 Å². The Morgan fingerprint density at radius 2 is 0.842 bits per heavy atom. The van der Waals surface area contributed by atoms with E-state index in [1.807, 2.05) is 0 Å². The van der Waals surface area contributed by atoms with Crippen molar-refractivity contribution >= 4 is 0 Å². The van der Waals surface area contributed by atoms with Gasteiger partial charge >= 0.3 is 0 Å². The van der Waals surface area contributed by atoms with Crippen LogP contribution in [0.2, 0.25) is 0 Å². The van der Waals surface area contributed by atoms with Gasteiger partial charge < -0.3 is 0 Å². The Labute approximate surface area is 123 Å². The molecule has 0 aliphatic carbocycles. The van der Waals surface area contributed by atoms with Crippen molar-refractivity contribution in [1.82, 2.24) is 0 Å². The molecule has 0 heterocycles. The zero-order chi connectivity index (χ0) is 16.1. The van der Waals surface area contributed by atoms with Crippen molar-refractivity contribution in [3.8, 4) is 0 Å². The molecule has 0 radical (unpaired) electrons. The van der Waals surface area contributed by atoms with Crippen molar-refractivity contribution in [2.75, 3.05) is 0 Å². The van der Waals surface area contributed by atoms with E-state index >= 15 is 0 Å². The van der Waals surface area contributed by atoms with Gasteiger partial charge in [0.1, 0.15) is 0 Å². The van der Waals surface area contributed by atoms with E-state index in [0.29, 0.717) is 16.7 Å². The molecule has 0 rings (SSSR count). The van der Waals surface area contributed by atoms with Crippen LogP contribution in [0.5, 0.6) is 0 Å². The summed E-state index contributed by atoms with van der Waals surface area (Å²) >= 11 is 0. The maximum absolute atomic E-state index is 2.47. The van der Waals surface area contributed by atoms with Crippen LogP contribution in [0.3, 0.4) is 0 Å². The van der Waals surface area contributed by atoms with Crippen LogP contribution in [0.25, 0.3) is 0 Å². The van der Waals surface area contributed by atoms with E-state index in [9.17, 15) is 0 Å². The molecule has 0 amide bonds. The van der Waals surface area contributed by atoms with Crippen LogP contribution in [-0.2, 0) is 0 Å². The summed E-state index contributed by atoms with van der Waals surface area (Å²) in [6, 6.07) is 0. The average Bonchev–Trinajstić information content (AvgIpc) is 2.12. The van der Waals surface area contributed by atoms with E-state index in [2.05, 4.69) is 90.0 Å². The molecule has 0 N–H and O–H groups in total. The maximum atomic E-state index is 2.47. The van der Waals surface area contributed by atoms with Crippen LogP contribution >= 0.6 is 0 Å². The molecule has 0 heteroatoms. The predicted octanol–water partition coefficient (Wildman–Crippen LogP) is 6.79. The summed E-state index contributed by atoms with van der Waals surface area (Å²) in [4.78, 5) is 0. The zero-order valence-corrected chi connectivity index (χ0v) is 16.1. The minimum Gasteiger partial charge on any atom is -0.0615 e. The quantitative estimate of drug-likeness (QED) is 0.528. The monoisotopic (exact) mass is 268 g/mol. The Morgan fingerprint density at radius 1 is 0.526 bits per heavy atom. The zero-order valence-electron chi connectivity index (χ0n) is 16.1. The summed E-state index contributed by atoms with van der Waals surface area (Å²) in [5.74, 6) is 0.664. The fraction of sp³-hybridized carbons (Fsp3) is 1.00. The van der Waals surface area contributed by atoms with Crippen molar-refractivity contribution in [1.29, 1.82) is 0 Å². The van der Waals surface area contributed by atoms with Crippen LogP contribution in [-0.4, -0.2) is 0 Å². The summed E-state index contributed by atoms with van der Waals surface area (Å²) in [5.41, 5.74) is 1.44. The smallest absolute Gasteiger partial charge is 0.0244 e. The van der Waals surface area contributed by atoms with Gasteiger partial charge in [0, 0.05) is 0 Å². The molecule has 0 nitrogen and oxygen atoms in total. The topological polar surface area (TPSA) is 0 Å². The number of hydrogen-bond donors (Lipinski definition) is 0. The molecule has 0 spiro atoms. The van der Waals surface area contributed by atoms with Gasteiger partial charge in [0.15, 0.2) is 0 Å². The highest BCUT2D eigenvalue weighted by Gasteiger charge is 2.55. The van der Waals surface area contributed by atoms with Crippen molar-refractivity contribution < 1.29 is 0 Å². The summed E-state index contributed by atoms with van der Waals surface area (Å²) in [7, 11) is 0. The first-order valence-corrected chi connectivity index (χ1v) is 7.90. The average molecular weight is 269 g/mol. The molecule has 0 aliphatic rings. The Bertz CT molecular complexity index is 302. The Morgan fingerprint density at radius 3 is 1.05 bits per heavy atom. The van der Waals surface area contributed by atoms with Crippen LogP contribution in [0.4, 0.5) is 0 Å². The summed E-state index contributed by atoms with van der Waals surface area (Å²) in [6.45, 7) is 31.5. The first-order valence-electron chi connectivity index (χ1n) is 7.90. The van der Waals surface area contributed by atoms with E-state index in [1.165, 1.54) is 0 Å². The van der Waals surface area contributed by atoms with Gasteiger partial charge in [0.25, 0.3) is 0 Å². The lowest BCUT2D eigenvalue weighted by molar-refractivity contribution is -0.127. The molecule has 1 atom stereocenters. The third-order valence-corrected chi connectivity index (χ3v) is 7.43. The van der Waals surface area contributed by atoms with Crippen molar-refractivity contribution in [3.05, 3.63) is 0 Å². The van der Waals surface area contributed by atoms with Crippen LogP contribution in [0.15, 0.2) is 0 Å². The maximum Gasteiger partial charge on any atom is -0.0244 e. The molecule has 0 aliphatic heterocycles. The molecule has 0 aromatic rings. The lowest BCUT2D eigenvalue weighted by Gasteiger charge is -2.61. The molecular weight excluding hydrogens is 228 g/mol. The second-order valence-electron chi connectivity index (χ2n) is 10.3. The first kappa shape index (κ1) is 19.0. The van der Waals surface area contributed by atoms with Crippen LogP contribution in [0, 0.1) is 33.0 Å². The van der Waals surface area contributed by atoms with Gasteiger partial charge in [-0.15, -0.1) is 0 Å². The van der Waals surface area contributed by atoms with Crippen molar-refractivity contribution in [3.63, 3.8) is 0 Å². The van der Waals surface area contributed by atoms with E-state index in [4.69, 9.17) is 0 Å². The highest BCUT2D eigenvalue weighted by atomic mass is 14.6. The van der Waals surface area contributed by atoms with Gasteiger partial charge in [-0.3, -0.25) is 0 Å². The van der Waals surface area contributed by atoms with Crippen molar-refractivity contribution in [2.45, 2.75) is 90.0 Å². The predicted molar refractivity (Wildman–Crippen MR) is 89.4 cm³/mol. The number of hydrogen-bond acceptors (Lipinski definition) is 0. The van der Waals surface area contributed by atoms with Gasteiger partial charge in [0.05, 0.1) is 0 Å². The molecule has 1 unspecified atom stereocenters. The van der Waals surface area contributed by atoms with Gasteiger partial charge in [-0.25, -0.2) is 0 Å². The Kier molecular flexibility index (Phi) is 4.78. The molecule has 0 saturated carbocycles. The van der Waals surface area contributed by atoms with E-state index in [-0.39, 0.29) is 16.2 Å². The van der Waals surface area contributed by atoms with Crippen LogP contribution in [0.1, 0.15) is 90.0 Å². The van der Waals surface area contributed by atoms with E-state index in [1.54, 1.807) is 0 Å². The molecule has 0 bridgehead atoms. The lowest BCUT2D eigenvalue weighted by atomic mass is 9.44. The summed E-state index contributed by atoms with van der Waals surface area (Å²) in [5, 5.41) is 0. The Balaban J connectivity index is 5.78. The molecule has 19 heavy (non-hydrogen) atoms. The summed E-state index contributed by atoms with van der Waals surface area (Å²) < 4.78 is 0. The molecule has 0 saturated heterocycles. The van der Waals surface area contributed by atoms with E-state index < -0.39 is 0 Å². The number of rotatable bonds is 3. The molecule has 0 aromatic heterocycles. The fourth-order valence-corrected chi connectivity index (χ4v) is 3.37. The molecular formula is C19H40. The first-order chi connectivity index (χ1) is 7.90. The largest absolute Gasteiger partial charge is 0.0615 e. The molecule has 0 aromatic carbocycles. The summed E-state index contributed by atoms with van der Waals surface area (Å²) in [6.07, 6.45) is 0. The van der Waals surface area contributed by atoms with Crippen LogP contribution < -0.4 is 0 Å². The van der Waals surface area contributed by atoms with Gasteiger partial charge in [-0.05, 0) is 33.0 Å². The molecule has 0 fully saturated rings. The fourth-order valence-electron chi connectivity index (χ4n) is 3.37. The minimum absolute atomic E-state index is 0.255. The SMILES string of the molecule is CC(C(C)(C)C)C(C)(C)C(C)(C)C(C)(C)C(C)(C)C. The highest BCUT2D eigenvalue weighted by molar-refractivity contribution is 5.04. The third-order valence-electron chi connectivity index (χ3n) is 7.43. The van der Waals surface area contributed by atoms with Crippen molar-refractivity contribution in [2.24, 2.45) is 33.0 Å². The van der Waals surface area contributed by atoms with Gasteiger partial charge in [0.2, 0.25) is 0 Å². The third kappa shape index (κ3) is 3.03. The standard InChI is InChI=1S/C19H40/c1-14(15(2,3)4)17(8,9)19(12,13)18(10,11)16(5,6)7/h14H,1-13H3. The highest BCUT2D eigenvalue weighted by Crippen LogP contribution is 2.62. The second-order valence-corrected chi connectivity index (χ2v) is 10.3. The second kappa shape index (κ2) is 4.78. The lowest BCUT2D eigenvalue weighted by Crippen LogP contribution is -2.54. The minimum atomic E-state index is 0.255. The van der Waals surface area contributed by atoms with Gasteiger partial charge in [-0.1, -0.05) is 90.0 Å². The van der Waals surface area contributed by atoms with Gasteiger partial charge in [-0.2, -0.15) is 0 Å².